The molecule has 0 saturated heterocycles. The van der Waals surface area contributed by atoms with Gasteiger partial charge in [0.15, 0.2) is 0 Å². The van der Waals surface area contributed by atoms with Gasteiger partial charge >= 0.3 is 5.97 Å². The molecule has 0 aromatic carbocycles. The number of rotatable bonds is 4. The first-order valence-electron chi connectivity index (χ1n) is 5.28. The van der Waals surface area contributed by atoms with E-state index >= 15 is 0 Å². The minimum Gasteiger partial charge on any atom is -0.477 e. The summed E-state index contributed by atoms with van der Waals surface area (Å²) in [6, 6.07) is 6.21. The predicted octanol–water partition coefficient (Wildman–Crippen LogP) is 2.53. The van der Waals surface area contributed by atoms with E-state index in [0.717, 1.165) is 9.35 Å². The van der Waals surface area contributed by atoms with E-state index in [-0.39, 0.29) is 11.4 Å². The van der Waals surface area contributed by atoms with Crippen molar-refractivity contribution in [2.24, 2.45) is 0 Å². The van der Waals surface area contributed by atoms with Gasteiger partial charge in [0, 0.05) is 9.35 Å². The molecule has 19 heavy (non-hydrogen) atoms. The first kappa shape index (κ1) is 13.7. The zero-order valence-corrected chi connectivity index (χ0v) is 12.0. The second kappa shape index (κ2) is 5.94. The number of aromatic nitrogens is 1. The Hall–Kier alpha value is -1.73. The highest BCUT2D eigenvalue weighted by Gasteiger charge is 2.11. The fourth-order valence-corrected chi connectivity index (χ4v) is 2.81. The number of amides is 1. The Morgan fingerprint density at radius 3 is 2.68 bits per heavy atom. The van der Waals surface area contributed by atoms with Gasteiger partial charge in [-0.25, -0.2) is 9.78 Å². The molecule has 0 saturated carbocycles. The van der Waals surface area contributed by atoms with Gasteiger partial charge in [-0.15, -0.1) is 11.3 Å². The van der Waals surface area contributed by atoms with Crippen LogP contribution in [0, 0.1) is 0 Å². The third-order valence-corrected chi connectivity index (χ3v) is 4.23. The van der Waals surface area contributed by atoms with E-state index in [1.807, 2.05) is 11.4 Å². The molecule has 0 spiro atoms. The first-order valence-corrected chi connectivity index (χ1v) is 6.95. The van der Waals surface area contributed by atoms with Crippen LogP contribution in [0.15, 0.2) is 34.1 Å². The van der Waals surface area contributed by atoms with Crippen LogP contribution in [0.3, 0.4) is 0 Å². The lowest BCUT2D eigenvalue weighted by molar-refractivity contribution is 0.0690. The van der Waals surface area contributed by atoms with Crippen molar-refractivity contribution in [2.75, 3.05) is 0 Å². The molecule has 2 aromatic heterocycles. The summed E-state index contributed by atoms with van der Waals surface area (Å²) in [6.45, 7) is 0.371. The molecule has 2 N–H and O–H groups in total. The number of nitrogens with zero attached hydrogens (tertiary/aromatic N) is 1. The minimum absolute atomic E-state index is 0.0904. The number of carboxylic acids is 1. The van der Waals surface area contributed by atoms with Gasteiger partial charge in [-0.1, -0.05) is 6.07 Å². The van der Waals surface area contributed by atoms with E-state index in [9.17, 15) is 9.59 Å². The third kappa shape index (κ3) is 3.39. The van der Waals surface area contributed by atoms with Crippen molar-refractivity contribution in [3.63, 3.8) is 0 Å². The van der Waals surface area contributed by atoms with Crippen molar-refractivity contribution in [1.82, 2.24) is 10.3 Å². The van der Waals surface area contributed by atoms with Crippen LogP contribution in [0.5, 0.6) is 0 Å². The Labute approximate surface area is 121 Å². The maximum absolute atomic E-state index is 11.8. The van der Waals surface area contributed by atoms with Gasteiger partial charge in [0.2, 0.25) is 0 Å². The summed E-state index contributed by atoms with van der Waals surface area (Å²) in [5.41, 5.74) is -0.0578. The number of nitrogens with one attached hydrogen (secondary N) is 1. The number of thiophene rings is 1. The molecule has 0 radical (unpaired) electrons. The highest BCUT2D eigenvalue weighted by molar-refractivity contribution is 9.10. The molecule has 7 heteroatoms. The second-order valence-corrected chi connectivity index (χ2v) is 5.44. The van der Waals surface area contributed by atoms with Gasteiger partial charge in [0.05, 0.1) is 6.54 Å². The molecule has 0 aliphatic heterocycles. The Morgan fingerprint density at radius 1 is 1.32 bits per heavy atom. The number of halogens is 1. The van der Waals surface area contributed by atoms with E-state index < -0.39 is 11.9 Å². The maximum Gasteiger partial charge on any atom is 0.354 e. The number of carbonyl (C=O) groups is 2. The summed E-state index contributed by atoms with van der Waals surface area (Å²) in [5.74, 6) is -1.56. The number of hydrogen-bond donors (Lipinski definition) is 2. The van der Waals surface area contributed by atoms with Crippen LogP contribution in [0.4, 0.5) is 0 Å². The lowest BCUT2D eigenvalue weighted by Gasteiger charge is -2.04. The highest BCUT2D eigenvalue weighted by atomic mass is 79.9. The lowest BCUT2D eigenvalue weighted by Crippen LogP contribution is -2.24. The molecule has 0 aliphatic rings. The molecule has 0 bridgehead atoms. The maximum atomic E-state index is 11.8. The van der Waals surface area contributed by atoms with Gasteiger partial charge in [0.25, 0.3) is 5.91 Å². The van der Waals surface area contributed by atoms with Gasteiger partial charge in [0.1, 0.15) is 11.4 Å². The van der Waals surface area contributed by atoms with Crippen LogP contribution in [0.2, 0.25) is 0 Å². The van der Waals surface area contributed by atoms with E-state index in [0.29, 0.717) is 6.54 Å². The summed E-state index contributed by atoms with van der Waals surface area (Å²) in [5, 5.41) is 13.4. The fraction of sp³-hybridized carbons (Fsp3) is 0.0833. The quantitative estimate of drug-likeness (QED) is 0.896. The van der Waals surface area contributed by atoms with E-state index in [2.05, 4.69) is 26.2 Å². The predicted molar refractivity (Wildman–Crippen MR) is 74.4 cm³/mol. The Morgan fingerprint density at radius 2 is 2.05 bits per heavy atom. The summed E-state index contributed by atoms with van der Waals surface area (Å²) in [7, 11) is 0. The number of pyridine rings is 1. The molecule has 0 unspecified atom stereocenters. The van der Waals surface area contributed by atoms with Gasteiger partial charge in [-0.2, -0.15) is 0 Å². The van der Waals surface area contributed by atoms with E-state index in [1.54, 1.807) is 0 Å². The first-order chi connectivity index (χ1) is 9.08. The molecule has 0 atom stereocenters. The van der Waals surface area contributed by atoms with Crippen LogP contribution in [-0.2, 0) is 6.54 Å². The summed E-state index contributed by atoms with van der Waals surface area (Å²) in [4.78, 5) is 27.4. The van der Waals surface area contributed by atoms with Crippen molar-refractivity contribution in [2.45, 2.75) is 6.54 Å². The minimum atomic E-state index is -1.16. The fourth-order valence-electron chi connectivity index (χ4n) is 1.38. The Bertz CT molecular complexity index is 627. The van der Waals surface area contributed by atoms with E-state index in [1.165, 1.54) is 29.5 Å². The topological polar surface area (TPSA) is 79.3 Å². The molecule has 0 aliphatic carbocycles. The molecule has 5 nitrogen and oxygen atoms in total. The Balaban J connectivity index is 2.06. The van der Waals surface area contributed by atoms with Crippen LogP contribution in [0.25, 0.3) is 0 Å². The van der Waals surface area contributed by atoms with Crippen LogP contribution in [0.1, 0.15) is 25.9 Å². The number of carboxylic acid groups (broad SMARTS) is 1. The monoisotopic (exact) mass is 340 g/mol. The van der Waals surface area contributed by atoms with Crippen LogP contribution < -0.4 is 5.32 Å². The average molecular weight is 341 g/mol. The number of carbonyl (C=O) groups excluding carboxylic acids is 1. The van der Waals surface area contributed by atoms with Gasteiger partial charge in [-0.3, -0.25) is 4.79 Å². The molecular weight excluding hydrogens is 332 g/mol. The zero-order chi connectivity index (χ0) is 13.8. The highest BCUT2D eigenvalue weighted by Crippen LogP contribution is 2.22. The third-order valence-electron chi connectivity index (χ3n) is 2.30. The molecule has 2 rings (SSSR count). The Kier molecular flexibility index (Phi) is 4.28. The summed E-state index contributed by atoms with van der Waals surface area (Å²) >= 11 is 4.89. The zero-order valence-electron chi connectivity index (χ0n) is 9.59. The SMILES string of the molecule is O=C(O)c1cccc(C(=O)NCc2sccc2Br)n1. The molecule has 0 fully saturated rings. The smallest absolute Gasteiger partial charge is 0.354 e. The number of hydrogen-bond acceptors (Lipinski definition) is 4. The lowest BCUT2D eigenvalue weighted by atomic mass is 10.3. The second-order valence-electron chi connectivity index (χ2n) is 3.59. The van der Waals surface area contributed by atoms with Crippen molar-refractivity contribution < 1.29 is 14.7 Å². The van der Waals surface area contributed by atoms with Crippen LogP contribution >= 0.6 is 27.3 Å². The molecule has 1 amide bonds. The van der Waals surface area contributed by atoms with E-state index in [4.69, 9.17) is 5.11 Å². The normalized spacial score (nSPS) is 10.2. The van der Waals surface area contributed by atoms with Crippen molar-refractivity contribution in [1.29, 1.82) is 0 Å². The van der Waals surface area contributed by atoms with Crippen molar-refractivity contribution >= 4 is 39.1 Å². The molecule has 98 valence electrons. The summed E-state index contributed by atoms with van der Waals surface area (Å²) in [6.07, 6.45) is 0. The van der Waals surface area contributed by atoms with Crippen molar-refractivity contribution in [3.05, 3.63) is 50.4 Å². The van der Waals surface area contributed by atoms with Gasteiger partial charge < -0.3 is 10.4 Å². The largest absolute Gasteiger partial charge is 0.477 e. The number of aromatic carboxylic acids is 1. The molecule has 2 heterocycles. The molecule has 2 aromatic rings. The van der Waals surface area contributed by atoms with Gasteiger partial charge in [-0.05, 0) is 39.5 Å². The average Bonchev–Trinajstić information content (AvgIpc) is 2.81. The molecular formula is C12H9BrN2O3S. The standard InChI is InChI=1S/C12H9BrN2O3S/c13-7-4-5-19-10(7)6-14-11(16)8-2-1-3-9(15-8)12(17)18/h1-5H,6H2,(H,14,16)(H,17,18). The van der Waals surface area contributed by atoms with Crippen LogP contribution in [-0.4, -0.2) is 22.0 Å². The summed E-state index contributed by atoms with van der Waals surface area (Å²) < 4.78 is 0.935. The van der Waals surface area contributed by atoms with Crippen molar-refractivity contribution in [3.8, 4) is 0 Å².